The lowest BCUT2D eigenvalue weighted by molar-refractivity contribution is 0.734. The molecule has 0 aliphatic carbocycles. The first-order valence-electron chi connectivity index (χ1n) is 5.08. The summed E-state index contributed by atoms with van der Waals surface area (Å²) in [5.41, 5.74) is 6.01. The molecule has 0 unspecified atom stereocenters. The summed E-state index contributed by atoms with van der Waals surface area (Å²) in [6.07, 6.45) is 3.21. The molecular formula is C12H11N3OS. The Balaban J connectivity index is 2.28. The van der Waals surface area contributed by atoms with Crippen LogP contribution in [0.5, 0.6) is 0 Å². The molecule has 0 aliphatic heterocycles. The number of hydrogen-bond donors (Lipinski definition) is 1. The quantitative estimate of drug-likeness (QED) is 0.791. The molecule has 86 valence electrons. The molecule has 0 saturated carbocycles. The molecule has 4 nitrogen and oxygen atoms in total. The van der Waals surface area contributed by atoms with E-state index in [9.17, 15) is 4.79 Å². The summed E-state index contributed by atoms with van der Waals surface area (Å²) in [5, 5.41) is 1.96. The fourth-order valence-corrected chi connectivity index (χ4v) is 2.21. The summed E-state index contributed by atoms with van der Waals surface area (Å²) < 4.78 is 1.56. The van der Waals surface area contributed by atoms with Crippen LogP contribution in [0.1, 0.15) is 10.4 Å². The maximum atomic E-state index is 11.5. The van der Waals surface area contributed by atoms with Crippen molar-refractivity contribution in [3.8, 4) is 11.8 Å². The Morgan fingerprint density at radius 2 is 2.41 bits per heavy atom. The molecule has 2 heterocycles. The normalized spacial score (nSPS) is 9.71. The second-order valence-electron chi connectivity index (χ2n) is 3.29. The van der Waals surface area contributed by atoms with Crippen LogP contribution in [0.3, 0.4) is 0 Å². The van der Waals surface area contributed by atoms with Crippen molar-refractivity contribution in [2.45, 2.75) is 6.54 Å². The van der Waals surface area contributed by atoms with Crippen LogP contribution in [-0.4, -0.2) is 16.1 Å². The fraction of sp³-hybridized carbons (Fsp3) is 0.167. The van der Waals surface area contributed by atoms with Gasteiger partial charge in [0.15, 0.2) is 0 Å². The minimum Gasteiger partial charge on any atom is -0.320 e. The van der Waals surface area contributed by atoms with E-state index in [0.717, 1.165) is 10.4 Å². The second-order valence-corrected chi connectivity index (χ2v) is 4.29. The molecular weight excluding hydrogens is 234 g/mol. The van der Waals surface area contributed by atoms with Crippen LogP contribution in [-0.2, 0) is 6.54 Å². The van der Waals surface area contributed by atoms with Gasteiger partial charge in [-0.15, -0.1) is 11.3 Å². The largest absolute Gasteiger partial charge is 0.347 e. The predicted molar refractivity (Wildman–Crippen MR) is 67.9 cm³/mol. The van der Waals surface area contributed by atoms with Gasteiger partial charge >= 0.3 is 5.69 Å². The van der Waals surface area contributed by atoms with E-state index in [0.29, 0.717) is 13.1 Å². The van der Waals surface area contributed by atoms with Crippen LogP contribution < -0.4 is 11.4 Å². The number of thiophene rings is 1. The Bertz CT molecular complexity index is 618. The summed E-state index contributed by atoms with van der Waals surface area (Å²) >= 11 is 1.57. The molecule has 2 aromatic rings. The molecule has 2 rings (SSSR count). The van der Waals surface area contributed by atoms with E-state index in [1.165, 1.54) is 6.20 Å². The molecule has 0 bridgehead atoms. The second kappa shape index (κ2) is 5.43. The van der Waals surface area contributed by atoms with Crippen molar-refractivity contribution in [1.29, 1.82) is 0 Å². The monoisotopic (exact) mass is 245 g/mol. The molecule has 0 saturated heterocycles. The molecule has 0 radical (unpaired) electrons. The summed E-state index contributed by atoms with van der Waals surface area (Å²) in [7, 11) is 0. The van der Waals surface area contributed by atoms with E-state index < -0.39 is 0 Å². The van der Waals surface area contributed by atoms with E-state index in [1.54, 1.807) is 28.2 Å². The maximum absolute atomic E-state index is 11.5. The average molecular weight is 245 g/mol. The topological polar surface area (TPSA) is 60.9 Å². The lowest BCUT2D eigenvalue weighted by atomic mass is 10.2. The van der Waals surface area contributed by atoms with Crippen molar-refractivity contribution in [1.82, 2.24) is 9.55 Å². The summed E-state index contributed by atoms with van der Waals surface area (Å²) in [5.74, 6) is 5.81. The van der Waals surface area contributed by atoms with Crippen molar-refractivity contribution in [3.05, 3.63) is 50.8 Å². The van der Waals surface area contributed by atoms with Gasteiger partial charge in [0.1, 0.15) is 0 Å². The molecule has 0 atom stereocenters. The van der Waals surface area contributed by atoms with Gasteiger partial charge in [0.25, 0.3) is 0 Å². The third-order valence-corrected chi connectivity index (χ3v) is 3.07. The first-order chi connectivity index (χ1) is 8.31. The van der Waals surface area contributed by atoms with E-state index in [2.05, 4.69) is 16.8 Å². The molecule has 2 aromatic heterocycles. The highest BCUT2D eigenvalue weighted by molar-refractivity contribution is 7.10. The summed E-state index contributed by atoms with van der Waals surface area (Å²) in [6, 6.07) is 3.67. The van der Waals surface area contributed by atoms with Crippen molar-refractivity contribution >= 4 is 11.3 Å². The maximum Gasteiger partial charge on any atom is 0.347 e. The molecule has 0 aliphatic rings. The van der Waals surface area contributed by atoms with Crippen LogP contribution in [0.4, 0.5) is 0 Å². The molecule has 5 heteroatoms. The van der Waals surface area contributed by atoms with E-state index in [4.69, 9.17) is 5.73 Å². The lowest BCUT2D eigenvalue weighted by Crippen LogP contribution is -2.21. The standard InChI is InChI=1S/C12H11N3OS/c13-5-1-3-10-4-8-17-11(10)9-15-7-2-6-14-12(15)16/h2,4,6-8H,5,9,13H2. The third kappa shape index (κ3) is 2.81. The zero-order valence-corrected chi connectivity index (χ0v) is 9.91. The number of aromatic nitrogens is 2. The number of nitrogens with two attached hydrogens (primary N) is 1. The zero-order chi connectivity index (χ0) is 12.1. The van der Waals surface area contributed by atoms with Gasteiger partial charge in [-0.05, 0) is 17.5 Å². The van der Waals surface area contributed by atoms with Gasteiger partial charge in [-0.3, -0.25) is 4.57 Å². The molecule has 17 heavy (non-hydrogen) atoms. The number of hydrogen-bond acceptors (Lipinski definition) is 4. The Morgan fingerprint density at radius 3 is 3.18 bits per heavy atom. The van der Waals surface area contributed by atoms with Crippen molar-refractivity contribution in [2.24, 2.45) is 5.73 Å². The fourth-order valence-electron chi connectivity index (χ4n) is 1.38. The van der Waals surface area contributed by atoms with Gasteiger partial charge in [-0.25, -0.2) is 9.78 Å². The Kier molecular flexibility index (Phi) is 3.70. The highest BCUT2D eigenvalue weighted by atomic mass is 32.1. The number of nitrogens with zero attached hydrogens (tertiary/aromatic N) is 2. The van der Waals surface area contributed by atoms with E-state index in [1.807, 2.05) is 11.4 Å². The van der Waals surface area contributed by atoms with Crippen LogP contribution in [0.2, 0.25) is 0 Å². The molecule has 0 fully saturated rings. The Hall–Kier alpha value is -1.90. The van der Waals surface area contributed by atoms with Gasteiger partial charge in [0.2, 0.25) is 0 Å². The smallest absolute Gasteiger partial charge is 0.320 e. The first-order valence-corrected chi connectivity index (χ1v) is 5.96. The van der Waals surface area contributed by atoms with Gasteiger partial charge in [-0.2, -0.15) is 0 Å². The van der Waals surface area contributed by atoms with Crippen LogP contribution in [0, 0.1) is 11.8 Å². The van der Waals surface area contributed by atoms with Crippen LogP contribution in [0.25, 0.3) is 0 Å². The van der Waals surface area contributed by atoms with Crippen molar-refractivity contribution < 1.29 is 0 Å². The van der Waals surface area contributed by atoms with Gasteiger partial charge < -0.3 is 5.73 Å². The zero-order valence-electron chi connectivity index (χ0n) is 9.09. The van der Waals surface area contributed by atoms with Crippen LogP contribution in [0.15, 0.2) is 34.7 Å². The average Bonchev–Trinajstić information content (AvgIpc) is 2.77. The summed E-state index contributed by atoms with van der Waals surface area (Å²) in [6.45, 7) is 0.834. The van der Waals surface area contributed by atoms with E-state index in [-0.39, 0.29) is 5.69 Å². The highest BCUT2D eigenvalue weighted by Crippen LogP contribution is 2.16. The Morgan fingerprint density at radius 1 is 1.53 bits per heavy atom. The van der Waals surface area contributed by atoms with Gasteiger partial charge in [0, 0.05) is 22.8 Å². The minimum atomic E-state index is -0.251. The summed E-state index contributed by atoms with van der Waals surface area (Å²) in [4.78, 5) is 16.2. The van der Waals surface area contributed by atoms with E-state index >= 15 is 0 Å². The minimum absolute atomic E-state index is 0.251. The Labute approximate surface area is 103 Å². The van der Waals surface area contributed by atoms with Crippen LogP contribution >= 0.6 is 11.3 Å². The van der Waals surface area contributed by atoms with Gasteiger partial charge in [-0.1, -0.05) is 11.8 Å². The molecule has 2 N–H and O–H groups in total. The predicted octanol–water partition coefficient (Wildman–Crippen LogP) is 0.663. The van der Waals surface area contributed by atoms with Crippen molar-refractivity contribution in [3.63, 3.8) is 0 Å². The molecule has 0 aromatic carbocycles. The highest BCUT2D eigenvalue weighted by Gasteiger charge is 2.04. The molecule has 0 spiro atoms. The number of rotatable bonds is 2. The SMILES string of the molecule is NCC#Cc1ccsc1Cn1cccnc1=O. The third-order valence-electron chi connectivity index (χ3n) is 2.17. The van der Waals surface area contributed by atoms with Crippen molar-refractivity contribution in [2.75, 3.05) is 6.54 Å². The van der Waals surface area contributed by atoms with Gasteiger partial charge in [0.05, 0.1) is 13.1 Å². The molecule has 0 amide bonds. The first kappa shape index (κ1) is 11.6. The lowest BCUT2D eigenvalue weighted by Gasteiger charge is -2.02.